The summed E-state index contributed by atoms with van der Waals surface area (Å²) in [6.45, 7) is -0.0224. The maximum atomic E-state index is 11.6. The fraction of sp³-hybridized carbons (Fsp3) is 0.800. The smallest absolute Gasteiger partial charge is 0.236 e. The number of nitrogens with two attached hydrogens (primary N) is 1. The summed E-state index contributed by atoms with van der Waals surface area (Å²) in [5.41, 5.74) is 5.26. The second-order valence-electron chi connectivity index (χ2n) is 4.51. The first kappa shape index (κ1) is 9.49. The molecule has 3 N–H and O–H groups in total. The van der Waals surface area contributed by atoms with Crippen molar-refractivity contribution in [3.63, 3.8) is 0 Å². The molecule has 1 unspecified atom stereocenters. The number of carbonyl (C=O) groups excluding carboxylic acids is 2. The molecule has 2 aliphatic carbocycles. The van der Waals surface area contributed by atoms with E-state index >= 15 is 0 Å². The molecule has 1 spiro atoms. The maximum Gasteiger partial charge on any atom is 0.236 e. The first-order valence-electron chi connectivity index (χ1n) is 5.20. The van der Waals surface area contributed by atoms with Gasteiger partial charge in [-0.1, -0.05) is 12.8 Å². The Morgan fingerprint density at radius 3 is 2.57 bits per heavy atom. The molecule has 2 fully saturated rings. The first-order valence-corrected chi connectivity index (χ1v) is 5.20. The van der Waals surface area contributed by atoms with Gasteiger partial charge in [0.05, 0.1) is 6.54 Å². The van der Waals surface area contributed by atoms with Crippen LogP contribution in [0.1, 0.15) is 32.1 Å². The van der Waals surface area contributed by atoms with E-state index in [0.717, 1.165) is 6.42 Å². The monoisotopic (exact) mass is 196 g/mol. The lowest BCUT2D eigenvalue weighted by Crippen LogP contribution is -2.35. The van der Waals surface area contributed by atoms with Gasteiger partial charge in [0.2, 0.25) is 11.8 Å². The van der Waals surface area contributed by atoms with Crippen molar-refractivity contribution in [1.82, 2.24) is 5.32 Å². The van der Waals surface area contributed by atoms with Crippen LogP contribution in [0.25, 0.3) is 0 Å². The molecule has 0 aromatic carbocycles. The summed E-state index contributed by atoms with van der Waals surface area (Å²) < 4.78 is 0. The van der Waals surface area contributed by atoms with Crippen molar-refractivity contribution in [2.45, 2.75) is 32.1 Å². The highest BCUT2D eigenvalue weighted by molar-refractivity contribution is 5.87. The van der Waals surface area contributed by atoms with Gasteiger partial charge in [0, 0.05) is 5.92 Å². The van der Waals surface area contributed by atoms with Crippen molar-refractivity contribution in [3.05, 3.63) is 0 Å². The molecule has 78 valence electrons. The van der Waals surface area contributed by atoms with E-state index < -0.39 is 5.91 Å². The van der Waals surface area contributed by atoms with Crippen LogP contribution in [0.2, 0.25) is 0 Å². The van der Waals surface area contributed by atoms with Crippen LogP contribution in [0.15, 0.2) is 0 Å². The van der Waals surface area contributed by atoms with E-state index in [9.17, 15) is 9.59 Å². The average molecular weight is 196 g/mol. The molecular formula is C10H16N2O2. The molecule has 4 nitrogen and oxygen atoms in total. The fourth-order valence-corrected chi connectivity index (χ4v) is 2.65. The highest BCUT2D eigenvalue weighted by atomic mass is 16.2. The summed E-state index contributed by atoms with van der Waals surface area (Å²) in [6, 6.07) is 0. The molecule has 2 saturated carbocycles. The van der Waals surface area contributed by atoms with Crippen molar-refractivity contribution in [2.75, 3.05) is 6.54 Å². The molecular weight excluding hydrogens is 180 g/mol. The van der Waals surface area contributed by atoms with Gasteiger partial charge in [0.1, 0.15) is 0 Å². The molecule has 0 heterocycles. The summed E-state index contributed by atoms with van der Waals surface area (Å²) >= 11 is 0. The van der Waals surface area contributed by atoms with Gasteiger partial charge in [0.15, 0.2) is 0 Å². The first-order chi connectivity index (χ1) is 6.64. The molecule has 2 amide bonds. The lowest BCUT2D eigenvalue weighted by molar-refractivity contribution is -0.126. The third-order valence-corrected chi connectivity index (χ3v) is 3.54. The molecule has 0 aromatic rings. The zero-order chi connectivity index (χ0) is 10.2. The summed E-state index contributed by atoms with van der Waals surface area (Å²) in [4.78, 5) is 22.0. The molecule has 14 heavy (non-hydrogen) atoms. The summed E-state index contributed by atoms with van der Waals surface area (Å²) in [7, 11) is 0. The third-order valence-electron chi connectivity index (χ3n) is 3.54. The second-order valence-corrected chi connectivity index (χ2v) is 4.51. The van der Waals surface area contributed by atoms with E-state index in [4.69, 9.17) is 5.73 Å². The standard InChI is InChI=1S/C10H16N2O2/c11-8(13)6-12-9(14)7-5-10(7)3-1-2-4-10/h7H,1-6H2,(H2,11,13)(H,12,14). The Morgan fingerprint density at radius 2 is 2.00 bits per heavy atom. The van der Waals surface area contributed by atoms with Gasteiger partial charge in [-0.05, 0) is 24.7 Å². The van der Waals surface area contributed by atoms with Crippen LogP contribution in [0, 0.1) is 11.3 Å². The van der Waals surface area contributed by atoms with E-state index in [2.05, 4.69) is 5.32 Å². The quantitative estimate of drug-likeness (QED) is 0.675. The minimum absolute atomic E-state index is 0.0192. The molecule has 2 aliphatic rings. The van der Waals surface area contributed by atoms with Crippen molar-refractivity contribution < 1.29 is 9.59 Å². The minimum Gasteiger partial charge on any atom is -0.368 e. The Balaban J connectivity index is 1.81. The summed E-state index contributed by atoms with van der Waals surface area (Å²) in [6.07, 6.45) is 5.88. The molecule has 1 atom stereocenters. The van der Waals surface area contributed by atoms with Crippen LogP contribution in [0.4, 0.5) is 0 Å². The number of carbonyl (C=O) groups is 2. The Hall–Kier alpha value is -1.06. The summed E-state index contributed by atoms with van der Waals surface area (Å²) in [5, 5.41) is 2.58. The molecule has 0 saturated heterocycles. The zero-order valence-electron chi connectivity index (χ0n) is 8.21. The number of nitrogens with one attached hydrogen (secondary N) is 1. The lowest BCUT2D eigenvalue weighted by atomic mass is 10.0. The van der Waals surface area contributed by atoms with Gasteiger partial charge < -0.3 is 11.1 Å². The minimum atomic E-state index is -0.473. The van der Waals surface area contributed by atoms with Gasteiger partial charge >= 0.3 is 0 Å². The van der Waals surface area contributed by atoms with E-state index in [1.807, 2.05) is 0 Å². The Morgan fingerprint density at radius 1 is 1.36 bits per heavy atom. The van der Waals surface area contributed by atoms with Crippen LogP contribution in [-0.2, 0) is 9.59 Å². The van der Waals surface area contributed by atoms with Gasteiger partial charge in [0.25, 0.3) is 0 Å². The predicted octanol–water partition coefficient (Wildman–Crippen LogP) is 0.168. The normalized spacial score (nSPS) is 27.6. The molecule has 0 bridgehead atoms. The summed E-state index contributed by atoms with van der Waals surface area (Å²) in [5.74, 6) is -0.297. The van der Waals surface area contributed by atoms with Crippen LogP contribution in [0.5, 0.6) is 0 Å². The molecule has 0 aliphatic heterocycles. The molecule has 0 radical (unpaired) electrons. The Kier molecular flexibility index (Phi) is 2.21. The maximum absolute atomic E-state index is 11.6. The number of hydrogen-bond donors (Lipinski definition) is 2. The average Bonchev–Trinajstić information content (AvgIpc) is 2.61. The van der Waals surface area contributed by atoms with E-state index in [1.54, 1.807) is 0 Å². The second kappa shape index (κ2) is 3.26. The van der Waals surface area contributed by atoms with E-state index in [-0.39, 0.29) is 18.4 Å². The van der Waals surface area contributed by atoms with Crippen LogP contribution in [-0.4, -0.2) is 18.4 Å². The SMILES string of the molecule is NC(=O)CNC(=O)C1CC12CCCC2. The van der Waals surface area contributed by atoms with E-state index in [1.165, 1.54) is 25.7 Å². The predicted molar refractivity (Wildman–Crippen MR) is 51.2 cm³/mol. The number of rotatable bonds is 3. The lowest BCUT2D eigenvalue weighted by Gasteiger charge is -2.07. The van der Waals surface area contributed by atoms with Crippen LogP contribution >= 0.6 is 0 Å². The van der Waals surface area contributed by atoms with Crippen molar-refractivity contribution >= 4 is 11.8 Å². The number of hydrogen-bond acceptors (Lipinski definition) is 2. The van der Waals surface area contributed by atoms with Gasteiger partial charge in [-0.15, -0.1) is 0 Å². The van der Waals surface area contributed by atoms with Crippen molar-refractivity contribution in [3.8, 4) is 0 Å². The molecule has 2 rings (SSSR count). The molecule has 4 heteroatoms. The Labute approximate surface area is 83.2 Å². The molecule has 0 aromatic heterocycles. The van der Waals surface area contributed by atoms with Crippen molar-refractivity contribution in [1.29, 1.82) is 0 Å². The van der Waals surface area contributed by atoms with Gasteiger partial charge in [-0.25, -0.2) is 0 Å². The number of amides is 2. The van der Waals surface area contributed by atoms with Gasteiger partial charge in [-0.2, -0.15) is 0 Å². The fourth-order valence-electron chi connectivity index (χ4n) is 2.65. The largest absolute Gasteiger partial charge is 0.368 e. The third kappa shape index (κ3) is 1.61. The van der Waals surface area contributed by atoms with Crippen molar-refractivity contribution in [2.24, 2.45) is 17.1 Å². The highest BCUT2D eigenvalue weighted by Crippen LogP contribution is 2.62. The highest BCUT2D eigenvalue weighted by Gasteiger charge is 2.58. The zero-order valence-corrected chi connectivity index (χ0v) is 8.21. The number of primary amides is 1. The Bertz CT molecular complexity index is 269. The van der Waals surface area contributed by atoms with Crippen LogP contribution in [0.3, 0.4) is 0 Å². The van der Waals surface area contributed by atoms with Crippen LogP contribution < -0.4 is 11.1 Å². The van der Waals surface area contributed by atoms with Gasteiger partial charge in [-0.3, -0.25) is 9.59 Å². The van der Waals surface area contributed by atoms with E-state index in [0.29, 0.717) is 5.41 Å². The topological polar surface area (TPSA) is 72.2 Å².